The largest absolute Gasteiger partial charge is 0.376 e. The summed E-state index contributed by atoms with van der Waals surface area (Å²) in [6.45, 7) is 1.67. The lowest BCUT2D eigenvalue weighted by atomic mass is 10.2. The molecule has 28 heavy (non-hydrogen) atoms. The summed E-state index contributed by atoms with van der Waals surface area (Å²) < 4.78 is 27.9. The van der Waals surface area contributed by atoms with Gasteiger partial charge in [0.05, 0.1) is 16.8 Å². The number of aromatic nitrogens is 2. The molecular weight excluding hydrogens is 398 g/mol. The lowest BCUT2D eigenvalue weighted by Gasteiger charge is -2.13. The highest BCUT2D eigenvalue weighted by Gasteiger charge is 2.18. The number of benzene rings is 2. The van der Waals surface area contributed by atoms with E-state index < -0.39 is 10.0 Å². The molecule has 3 aromatic rings. The molecule has 2 N–H and O–H groups in total. The molecule has 1 aromatic heterocycles. The van der Waals surface area contributed by atoms with Crippen LogP contribution in [-0.4, -0.2) is 32.7 Å². The second-order valence-electron chi connectivity index (χ2n) is 6.36. The van der Waals surface area contributed by atoms with Crippen LogP contribution in [0.3, 0.4) is 0 Å². The minimum atomic E-state index is -3.74. The van der Waals surface area contributed by atoms with Crippen LogP contribution in [0.1, 0.15) is 5.56 Å². The van der Waals surface area contributed by atoms with Crippen LogP contribution in [-0.2, 0) is 10.0 Å². The Labute approximate surface area is 169 Å². The maximum absolute atomic E-state index is 12.6. The number of anilines is 4. The number of hydrogen-bond acceptors (Lipinski definition) is 6. The van der Waals surface area contributed by atoms with Crippen LogP contribution in [0.25, 0.3) is 0 Å². The van der Waals surface area contributed by atoms with Crippen molar-refractivity contribution in [2.75, 3.05) is 29.0 Å². The highest BCUT2D eigenvalue weighted by atomic mass is 35.5. The van der Waals surface area contributed by atoms with Crippen LogP contribution in [0.2, 0.25) is 5.02 Å². The molecule has 1 heterocycles. The van der Waals surface area contributed by atoms with E-state index in [1.807, 2.05) is 25.1 Å². The summed E-state index contributed by atoms with van der Waals surface area (Å²) in [7, 11) is 0.104. The number of halogens is 1. The van der Waals surface area contributed by atoms with Crippen molar-refractivity contribution in [2.24, 2.45) is 0 Å². The molecule has 0 saturated carbocycles. The summed E-state index contributed by atoms with van der Waals surface area (Å²) >= 11 is 6.04. The monoisotopic (exact) mass is 417 g/mol. The van der Waals surface area contributed by atoms with E-state index >= 15 is 0 Å². The van der Waals surface area contributed by atoms with Gasteiger partial charge in [0.15, 0.2) is 5.82 Å². The predicted molar refractivity (Wildman–Crippen MR) is 113 cm³/mol. The Balaban J connectivity index is 1.76. The third kappa shape index (κ3) is 4.52. The van der Waals surface area contributed by atoms with Crippen LogP contribution in [0.5, 0.6) is 0 Å². The minimum absolute atomic E-state index is 0.151. The van der Waals surface area contributed by atoms with E-state index in [1.54, 1.807) is 49.5 Å². The first kappa shape index (κ1) is 19.9. The van der Waals surface area contributed by atoms with Gasteiger partial charge < -0.3 is 10.2 Å². The van der Waals surface area contributed by atoms with Gasteiger partial charge in [-0.15, -0.1) is 5.10 Å². The standard InChI is InChI=1S/C19H20ClN5O2S/c1-13-17(20)5-4-6-18(13)28(26,27)24-15-9-7-14(8-10-15)22-19-11-16(25(2)3)12-21-23-19/h4-12,24H,1-3H3,(H,22,23). The van der Waals surface area contributed by atoms with Crippen molar-refractivity contribution in [1.82, 2.24) is 10.2 Å². The van der Waals surface area contributed by atoms with E-state index in [2.05, 4.69) is 20.2 Å². The van der Waals surface area contributed by atoms with Gasteiger partial charge in [0.1, 0.15) is 0 Å². The Morgan fingerprint density at radius 1 is 1.04 bits per heavy atom. The van der Waals surface area contributed by atoms with Gasteiger partial charge in [-0.05, 0) is 48.9 Å². The molecule has 2 aromatic carbocycles. The summed E-state index contributed by atoms with van der Waals surface area (Å²) in [5.74, 6) is 0.592. The second kappa shape index (κ2) is 8.04. The van der Waals surface area contributed by atoms with Crippen LogP contribution >= 0.6 is 11.6 Å². The zero-order valence-electron chi connectivity index (χ0n) is 15.6. The topological polar surface area (TPSA) is 87.2 Å². The van der Waals surface area contributed by atoms with Gasteiger partial charge in [0.25, 0.3) is 10.0 Å². The van der Waals surface area contributed by atoms with Crippen molar-refractivity contribution in [1.29, 1.82) is 0 Å². The van der Waals surface area contributed by atoms with E-state index in [0.29, 0.717) is 22.1 Å². The quantitative estimate of drug-likeness (QED) is 0.629. The van der Waals surface area contributed by atoms with E-state index in [9.17, 15) is 8.42 Å². The highest BCUT2D eigenvalue weighted by Crippen LogP contribution is 2.26. The van der Waals surface area contributed by atoms with Crippen LogP contribution in [0.4, 0.5) is 22.9 Å². The average molecular weight is 418 g/mol. The maximum atomic E-state index is 12.6. The molecule has 0 fully saturated rings. The number of sulfonamides is 1. The van der Waals surface area contributed by atoms with Gasteiger partial charge in [0, 0.05) is 36.6 Å². The summed E-state index contributed by atoms with van der Waals surface area (Å²) in [6, 6.07) is 13.5. The van der Waals surface area contributed by atoms with Crippen molar-refractivity contribution in [2.45, 2.75) is 11.8 Å². The third-order valence-electron chi connectivity index (χ3n) is 4.07. The summed E-state index contributed by atoms with van der Waals surface area (Å²) in [4.78, 5) is 2.08. The van der Waals surface area contributed by atoms with Crippen molar-refractivity contribution in [3.63, 3.8) is 0 Å². The van der Waals surface area contributed by atoms with E-state index in [4.69, 9.17) is 11.6 Å². The normalized spacial score (nSPS) is 11.1. The molecule has 0 radical (unpaired) electrons. The van der Waals surface area contributed by atoms with Gasteiger partial charge in [-0.3, -0.25) is 4.72 Å². The first-order valence-corrected chi connectivity index (χ1v) is 10.3. The Bertz CT molecular complexity index is 1090. The fourth-order valence-electron chi connectivity index (χ4n) is 2.52. The zero-order valence-corrected chi connectivity index (χ0v) is 17.2. The van der Waals surface area contributed by atoms with Gasteiger partial charge in [-0.2, -0.15) is 5.10 Å². The molecule has 0 atom stereocenters. The molecule has 0 bridgehead atoms. The first-order valence-electron chi connectivity index (χ1n) is 8.41. The van der Waals surface area contributed by atoms with Crippen molar-refractivity contribution < 1.29 is 8.42 Å². The van der Waals surface area contributed by atoms with Gasteiger partial charge >= 0.3 is 0 Å². The molecular formula is C19H20ClN5O2S. The molecule has 0 amide bonds. The fourth-order valence-corrected chi connectivity index (χ4v) is 4.08. The number of hydrogen-bond donors (Lipinski definition) is 2. The second-order valence-corrected chi connectivity index (χ2v) is 8.42. The molecule has 0 aliphatic carbocycles. The lowest BCUT2D eigenvalue weighted by Crippen LogP contribution is -2.14. The summed E-state index contributed by atoms with van der Waals surface area (Å²) in [5.41, 5.74) is 2.62. The smallest absolute Gasteiger partial charge is 0.262 e. The van der Waals surface area contributed by atoms with Gasteiger partial charge in [0.2, 0.25) is 0 Å². The summed E-state index contributed by atoms with van der Waals surface area (Å²) in [6.07, 6.45) is 1.67. The molecule has 0 aliphatic rings. The number of nitrogens with zero attached hydrogens (tertiary/aromatic N) is 3. The van der Waals surface area contributed by atoms with Crippen LogP contribution in [0.15, 0.2) is 59.6 Å². The Hall–Kier alpha value is -2.84. The van der Waals surface area contributed by atoms with E-state index in [1.165, 1.54) is 6.07 Å². The highest BCUT2D eigenvalue weighted by molar-refractivity contribution is 7.92. The summed E-state index contributed by atoms with van der Waals surface area (Å²) in [5, 5.41) is 11.6. The zero-order chi connectivity index (χ0) is 20.3. The predicted octanol–water partition coefficient (Wildman–Crippen LogP) is 4.05. The molecule has 3 rings (SSSR count). The molecule has 9 heteroatoms. The Morgan fingerprint density at radius 2 is 1.71 bits per heavy atom. The Kier molecular flexibility index (Phi) is 5.71. The lowest BCUT2D eigenvalue weighted by molar-refractivity contribution is 0.600. The number of nitrogens with one attached hydrogen (secondary N) is 2. The van der Waals surface area contributed by atoms with Crippen molar-refractivity contribution >= 4 is 44.5 Å². The SMILES string of the molecule is Cc1c(Cl)cccc1S(=O)(=O)Nc1ccc(Nc2cc(N(C)C)cnn2)cc1. The molecule has 0 aliphatic heterocycles. The maximum Gasteiger partial charge on any atom is 0.262 e. The van der Waals surface area contributed by atoms with Crippen molar-refractivity contribution in [3.8, 4) is 0 Å². The molecule has 0 unspecified atom stereocenters. The molecule has 0 saturated heterocycles. The first-order chi connectivity index (χ1) is 13.3. The van der Waals surface area contributed by atoms with E-state index in [-0.39, 0.29) is 4.90 Å². The average Bonchev–Trinajstić information content (AvgIpc) is 2.65. The van der Waals surface area contributed by atoms with Crippen molar-refractivity contribution in [3.05, 3.63) is 65.3 Å². The molecule has 146 valence electrons. The van der Waals surface area contributed by atoms with E-state index in [0.717, 1.165) is 11.4 Å². The fraction of sp³-hybridized carbons (Fsp3) is 0.158. The van der Waals surface area contributed by atoms with Gasteiger partial charge in [-0.1, -0.05) is 17.7 Å². The van der Waals surface area contributed by atoms with Crippen LogP contribution in [0, 0.1) is 6.92 Å². The van der Waals surface area contributed by atoms with Crippen LogP contribution < -0.4 is 14.9 Å². The minimum Gasteiger partial charge on any atom is -0.376 e. The Morgan fingerprint density at radius 3 is 2.39 bits per heavy atom. The molecule has 0 spiro atoms. The third-order valence-corrected chi connectivity index (χ3v) is 6.01. The van der Waals surface area contributed by atoms with Gasteiger partial charge in [-0.25, -0.2) is 8.42 Å². The molecule has 7 nitrogen and oxygen atoms in total. The number of rotatable bonds is 6.